The molecule has 1 saturated carbocycles. The van der Waals surface area contributed by atoms with Crippen LogP contribution in [0.2, 0.25) is 5.02 Å². The van der Waals surface area contributed by atoms with Crippen molar-refractivity contribution in [2.75, 3.05) is 60.8 Å². The normalized spacial score (nSPS) is 18.4. The van der Waals surface area contributed by atoms with Crippen LogP contribution in [0.25, 0.3) is 5.65 Å². The largest absolute Gasteiger partial charge is 0.465 e. The summed E-state index contributed by atoms with van der Waals surface area (Å²) in [6.07, 6.45) is 4.80. The summed E-state index contributed by atoms with van der Waals surface area (Å²) in [6.45, 7) is 3.57. The number of rotatable bonds is 8. The number of carbonyl (C=O) groups is 1. The summed E-state index contributed by atoms with van der Waals surface area (Å²) in [5.41, 5.74) is 2.38. The van der Waals surface area contributed by atoms with Crippen molar-refractivity contribution in [1.29, 1.82) is 5.26 Å². The van der Waals surface area contributed by atoms with E-state index >= 15 is 0 Å². The number of amides is 1. The Bertz CT molecular complexity index is 1470. The average Bonchev–Trinajstić information content (AvgIpc) is 3.65. The Balaban J connectivity index is 1.29. The number of benzene rings is 1. The van der Waals surface area contributed by atoms with E-state index in [1.807, 2.05) is 0 Å². The van der Waals surface area contributed by atoms with Gasteiger partial charge in [0.15, 0.2) is 17.2 Å². The van der Waals surface area contributed by atoms with E-state index in [-0.39, 0.29) is 11.6 Å². The third-order valence-corrected chi connectivity index (χ3v) is 8.28. The van der Waals surface area contributed by atoms with Gasteiger partial charge in [0.25, 0.3) is 0 Å². The minimum atomic E-state index is -1.09. The Morgan fingerprint density at radius 1 is 1.25 bits per heavy atom. The average molecular weight is 567 g/mol. The van der Waals surface area contributed by atoms with Crippen molar-refractivity contribution in [2.45, 2.75) is 43.9 Å². The molecule has 0 unspecified atom stereocenters. The highest BCUT2D eigenvalue weighted by atomic mass is 35.5. The second kappa shape index (κ2) is 10.6. The first kappa shape index (κ1) is 26.4. The highest BCUT2D eigenvalue weighted by Gasteiger charge is 2.35. The van der Waals surface area contributed by atoms with Gasteiger partial charge >= 0.3 is 6.09 Å². The fourth-order valence-corrected chi connectivity index (χ4v) is 5.50. The van der Waals surface area contributed by atoms with Gasteiger partial charge < -0.3 is 25.4 Å². The van der Waals surface area contributed by atoms with Gasteiger partial charge in [-0.05, 0) is 37.8 Å². The maximum Gasteiger partial charge on any atom is 0.411 e. The van der Waals surface area contributed by atoms with Crippen LogP contribution >= 0.6 is 11.6 Å². The summed E-state index contributed by atoms with van der Waals surface area (Å²) in [4.78, 5) is 26.6. The summed E-state index contributed by atoms with van der Waals surface area (Å²) in [7, 11) is 3.26. The smallest absolute Gasteiger partial charge is 0.411 e. The summed E-state index contributed by atoms with van der Waals surface area (Å²) < 4.78 is 6.95. The van der Waals surface area contributed by atoms with Crippen LogP contribution in [0.1, 0.15) is 31.4 Å². The molecule has 2 saturated heterocycles. The van der Waals surface area contributed by atoms with E-state index in [0.29, 0.717) is 46.1 Å². The number of hydrogen-bond acceptors (Lipinski definition) is 10. The molecular formula is C26H31ClN10O3. The molecule has 14 heteroatoms. The zero-order chi connectivity index (χ0) is 28.0. The van der Waals surface area contributed by atoms with Gasteiger partial charge in [-0.25, -0.2) is 9.78 Å². The second-order valence-electron chi connectivity index (χ2n) is 10.5. The molecule has 210 valence electrons. The molecule has 13 nitrogen and oxygen atoms in total. The highest BCUT2D eigenvalue weighted by molar-refractivity contribution is 6.36. The summed E-state index contributed by atoms with van der Waals surface area (Å²) in [5, 5.41) is 30.7. The number of carboxylic acid groups (broad SMARTS) is 1. The number of nitriles is 1. The number of likely N-dealkylation sites (tertiary alicyclic amines) is 1. The number of fused-ring (bicyclic) bond motifs is 1. The van der Waals surface area contributed by atoms with E-state index in [1.54, 1.807) is 19.2 Å². The molecule has 3 aliphatic rings. The van der Waals surface area contributed by atoms with Crippen LogP contribution in [0.5, 0.6) is 0 Å². The van der Waals surface area contributed by atoms with Crippen LogP contribution in [-0.4, -0.2) is 94.2 Å². The SMILES string of the molecule is COC1CCN(C2CN(c3cc(N(C)C(=O)O)cc(Nc4nc(NC5CC5)c5ncc(C#N)n5n4)c3Cl)C2)CC1. The van der Waals surface area contributed by atoms with Crippen LogP contribution in [-0.2, 0) is 4.74 Å². The molecule has 0 radical (unpaired) electrons. The lowest BCUT2D eigenvalue weighted by molar-refractivity contribution is 0.0226. The molecule has 0 spiro atoms. The van der Waals surface area contributed by atoms with Crippen LogP contribution in [0.15, 0.2) is 18.3 Å². The van der Waals surface area contributed by atoms with Gasteiger partial charge in [0.2, 0.25) is 5.95 Å². The molecular weight excluding hydrogens is 536 g/mol. The van der Waals surface area contributed by atoms with E-state index in [1.165, 1.54) is 17.8 Å². The van der Waals surface area contributed by atoms with Crippen LogP contribution in [0.3, 0.4) is 0 Å². The van der Waals surface area contributed by atoms with Gasteiger partial charge in [0, 0.05) is 52.4 Å². The van der Waals surface area contributed by atoms with Crippen molar-refractivity contribution in [3.63, 3.8) is 0 Å². The van der Waals surface area contributed by atoms with Crippen molar-refractivity contribution >= 4 is 52.2 Å². The standard InChI is InChI=1S/C26H31ClN10O3/c1-34(26(38)39)16-9-20(22(27)21(10-16)36-13-18(14-36)35-7-5-19(40-2)6-8-35)31-25-32-23(30-15-3-4-15)24-29-12-17(11-28)37(24)33-25/h9-10,12,15,18-19H,3-8,13-14H2,1-2H3,(H,38,39)(H2,30,31,32,33). The van der Waals surface area contributed by atoms with Crippen molar-refractivity contribution in [3.05, 3.63) is 29.0 Å². The second-order valence-corrected chi connectivity index (χ2v) is 10.9. The van der Waals surface area contributed by atoms with Crippen LogP contribution in [0.4, 0.5) is 33.6 Å². The third-order valence-electron chi connectivity index (χ3n) is 7.88. The molecule has 40 heavy (non-hydrogen) atoms. The Labute approximate surface area is 236 Å². The molecule has 2 aliphatic heterocycles. The van der Waals surface area contributed by atoms with Crippen LogP contribution in [0, 0.1) is 11.3 Å². The number of nitrogens with one attached hydrogen (secondary N) is 2. The minimum absolute atomic E-state index is 0.204. The zero-order valence-corrected chi connectivity index (χ0v) is 23.1. The van der Waals surface area contributed by atoms with Crippen LogP contribution < -0.4 is 20.4 Å². The lowest BCUT2D eigenvalue weighted by Gasteiger charge is -2.49. The fraction of sp³-hybridized carbons (Fsp3) is 0.500. The molecule has 4 heterocycles. The van der Waals surface area contributed by atoms with Crippen molar-refractivity contribution in [1.82, 2.24) is 24.5 Å². The molecule has 6 rings (SSSR count). The van der Waals surface area contributed by atoms with Crippen molar-refractivity contribution in [3.8, 4) is 6.07 Å². The Morgan fingerprint density at radius 2 is 2.00 bits per heavy atom. The zero-order valence-electron chi connectivity index (χ0n) is 22.3. The molecule has 3 fully saturated rings. The monoisotopic (exact) mass is 566 g/mol. The number of methoxy groups -OCH3 is 1. The molecule has 3 aromatic rings. The van der Waals surface area contributed by atoms with Crippen molar-refractivity contribution in [2.24, 2.45) is 0 Å². The number of nitrogens with zero attached hydrogens (tertiary/aromatic N) is 8. The van der Waals surface area contributed by atoms with E-state index in [9.17, 15) is 15.2 Å². The van der Waals surface area contributed by atoms with E-state index in [0.717, 1.165) is 62.4 Å². The number of ether oxygens (including phenoxy) is 1. The number of imidazole rings is 1. The summed E-state index contributed by atoms with van der Waals surface area (Å²) in [6, 6.07) is 6.26. The lowest BCUT2D eigenvalue weighted by Crippen LogP contribution is -2.61. The van der Waals surface area contributed by atoms with E-state index in [4.69, 9.17) is 16.3 Å². The molecule has 2 aromatic heterocycles. The first-order valence-electron chi connectivity index (χ1n) is 13.4. The number of aromatic nitrogens is 4. The van der Waals surface area contributed by atoms with Crippen molar-refractivity contribution < 1.29 is 14.6 Å². The van der Waals surface area contributed by atoms with Gasteiger partial charge in [0.05, 0.1) is 34.4 Å². The van der Waals surface area contributed by atoms with Gasteiger partial charge in [-0.1, -0.05) is 11.6 Å². The van der Waals surface area contributed by atoms with Gasteiger partial charge in [-0.3, -0.25) is 9.80 Å². The molecule has 1 aliphatic carbocycles. The predicted octanol–water partition coefficient (Wildman–Crippen LogP) is 3.38. The summed E-state index contributed by atoms with van der Waals surface area (Å²) in [5.74, 6) is 0.718. The number of halogens is 1. The third kappa shape index (κ3) is 5.05. The van der Waals surface area contributed by atoms with Gasteiger partial charge in [-0.15, -0.1) is 5.10 Å². The molecule has 0 bridgehead atoms. The summed E-state index contributed by atoms with van der Waals surface area (Å²) >= 11 is 6.94. The predicted molar refractivity (Wildman–Crippen MR) is 151 cm³/mol. The van der Waals surface area contributed by atoms with E-state index in [2.05, 4.69) is 41.6 Å². The topological polar surface area (TPSA) is 147 Å². The molecule has 0 atom stereocenters. The molecule has 3 N–H and O–H groups in total. The Hall–Kier alpha value is -3.86. The number of anilines is 5. The Morgan fingerprint density at radius 3 is 2.65 bits per heavy atom. The first-order chi connectivity index (χ1) is 19.3. The maximum absolute atomic E-state index is 11.8. The fourth-order valence-electron chi connectivity index (χ4n) is 5.23. The lowest BCUT2D eigenvalue weighted by atomic mass is 10.00. The maximum atomic E-state index is 11.8. The minimum Gasteiger partial charge on any atom is -0.465 e. The first-order valence-corrected chi connectivity index (χ1v) is 13.7. The highest BCUT2D eigenvalue weighted by Crippen LogP contribution is 2.41. The van der Waals surface area contributed by atoms with Gasteiger partial charge in [-0.2, -0.15) is 14.8 Å². The molecule has 1 aromatic carbocycles. The van der Waals surface area contributed by atoms with E-state index < -0.39 is 6.09 Å². The molecule has 1 amide bonds. The number of piperidine rings is 1. The Kier molecular flexibility index (Phi) is 6.99. The number of hydrogen-bond donors (Lipinski definition) is 3. The quantitative estimate of drug-likeness (QED) is 0.368. The van der Waals surface area contributed by atoms with Gasteiger partial charge in [0.1, 0.15) is 6.07 Å².